The highest BCUT2D eigenvalue weighted by atomic mass is 14.3. The number of rotatable bonds is 7. The quantitative estimate of drug-likeness (QED) is 0.110. The van der Waals surface area contributed by atoms with E-state index in [1.54, 1.807) is 0 Å². The van der Waals surface area contributed by atoms with Crippen LogP contribution in [0.2, 0.25) is 0 Å². The lowest BCUT2D eigenvalue weighted by Gasteiger charge is -2.23. The van der Waals surface area contributed by atoms with Crippen molar-refractivity contribution in [3.8, 4) is 77.9 Å². The molecule has 0 heteroatoms. The second-order valence-electron chi connectivity index (χ2n) is 21.6. The summed E-state index contributed by atoms with van der Waals surface area (Å²) >= 11 is 0. The molecule has 14 rings (SSSR count). The zero-order valence-electron chi connectivity index (χ0n) is 43.0. The molecule has 14 aromatic carbocycles. The van der Waals surface area contributed by atoms with Gasteiger partial charge in [0.25, 0.3) is 0 Å². The monoisotopic (exact) mass is 966 g/mol. The Hall–Kier alpha value is -9.36. The molecule has 0 fully saturated rings. The summed E-state index contributed by atoms with van der Waals surface area (Å²) in [7, 11) is 0. The molecule has 0 saturated heterocycles. The number of fused-ring (bicyclic) bond motifs is 7. The first-order valence-corrected chi connectivity index (χ1v) is 26.6. The van der Waals surface area contributed by atoms with Gasteiger partial charge in [-0.3, -0.25) is 0 Å². The summed E-state index contributed by atoms with van der Waals surface area (Å²) in [6, 6.07) is 102. The van der Waals surface area contributed by atoms with Crippen LogP contribution in [0.1, 0.15) is 26.3 Å². The van der Waals surface area contributed by atoms with Crippen molar-refractivity contribution in [3.05, 3.63) is 279 Å². The minimum atomic E-state index is -0.0936. The van der Waals surface area contributed by atoms with Crippen LogP contribution in [-0.2, 0) is 5.41 Å². The third kappa shape index (κ3) is 7.76. The molecule has 0 spiro atoms. The highest BCUT2D eigenvalue weighted by Crippen LogP contribution is 2.48. The molecule has 0 heterocycles. The molecule has 76 heavy (non-hydrogen) atoms. The summed E-state index contributed by atoms with van der Waals surface area (Å²) < 4.78 is 0. The molecule has 0 unspecified atom stereocenters. The number of benzene rings is 14. The lowest BCUT2D eigenvalue weighted by atomic mass is 9.80. The van der Waals surface area contributed by atoms with Crippen LogP contribution in [0.15, 0.2) is 273 Å². The van der Waals surface area contributed by atoms with E-state index in [1.165, 1.54) is 148 Å². The van der Waals surface area contributed by atoms with Crippen molar-refractivity contribution in [2.24, 2.45) is 0 Å². The van der Waals surface area contributed by atoms with Gasteiger partial charge in [0, 0.05) is 0 Å². The van der Waals surface area contributed by atoms with Crippen LogP contribution in [0.5, 0.6) is 0 Å². The maximum atomic E-state index is 2.45. The first kappa shape index (κ1) is 45.3. The fourth-order valence-corrected chi connectivity index (χ4v) is 12.2. The molecular formula is C76H54. The van der Waals surface area contributed by atoms with Crippen molar-refractivity contribution < 1.29 is 0 Å². The van der Waals surface area contributed by atoms with Gasteiger partial charge in [-0.2, -0.15) is 0 Å². The van der Waals surface area contributed by atoms with Gasteiger partial charge in [0.2, 0.25) is 0 Å². The number of hydrogen-bond donors (Lipinski definition) is 0. The van der Waals surface area contributed by atoms with Gasteiger partial charge in [0.15, 0.2) is 0 Å². The summed E-state index contributed by atoms with van der Waals surface area (Å²) in [4.78, 5) is 0. The van der Waals surface area contributed by atoms with Gasteiger partial charge >= 0.3 is 0 Å². The summed E-state index contributed by atoms with van der Waals surface area (Å²) in [6.45, 7) is 7.01. The molecule has 0 aliphatic heterocycles. The summed E-state index contributed by atoms with van der Waals surface area (Å²) in [5.41, 5.74) is 18.5. The predicted octanol–water partition coefficient (Wildman–Crippen LogP) is 21.6. The van der Waals surface area contributed by atoms with Crippen LogP contribution in [0.25, 0.3) is 143 Å². The van der Waals surface area contributed by atoms with Crippen LogP contribution in [0.3, 0.4) is 0 Å². The predicted molar refractivity (Wildman–Crippen MR) is 328 cm³/mol. The Labute approximate surface area is 444 Å². The smallest absolute Gasteiger partial charge is 0.00261 e. The Morgan fingerprint density at radius 2 is 0.474 bits per heavy atom. The molecule has 0 bridgehead atoms. The SMILES string of the molecule is CC(C)(C)c1cc(-c2ccc3ccc4ccc(-c5cccc(-c6c7ccccc7c(-c7ccccc7)c7ccccc67)c5)cc4c3c2)cc(-c2c3ccccc3c(-c3cccc(-c4ccccc4)c3)c3ccccc23)c1. The minimum absolute atomic E-state index is 0.0936. The van der Waals surface area contributed by atoms with Gasteiger partial charge < -0.3 is 0 Å². The van der Waals surface area contributed by atoms with Crippen LogP contribution in [-0.4, -0.2) is 0 Å². The largest absolute Gasteiger partial charge is 0.0622 e. The standard InChI is InChI=1S/C76H54/c1-76(2,3)61-45-59(44-60(46-61)75-68-34-16-14-32-66(68)73(67-33-15-17-35-69(67)75)57-26-18-24-53(42-57)49-20-6-4-7-21-49)56-41-39-51-37-36-50-38-40-55(47-70(50)71(51)48-56)54-25-19-27-58(43-54)74-64-30-12-10-28-62(64)72(52-22-8-5-9-23-52)63-29-11-13-31-65(63)74/h4-48H,1-3H3. The second-order valence-corrected chi connectivity index (χ2v) is 21.6. The molecule has 0 saturated carbocycles. The highest BCUT2D eigenvalue weighted by molar-refractivity contribution is 6.23. The van der Waals surface area contributed by atoms with E-state index in [-0.39, 0.29) is 5.41 Å². The minimum Gasteiger partial charge on any atom is -0.0622 e. The van der Waals surface area contributed by atoms with E-state index in [0.717, 1.165) is 0 Å². The molecule has 0 aromatic heterocycles. The molecule has 0 aliphatic rings. The van der Waals surface area contributed by atoms with Crippen LogP contribution >= 0.6 is 0 Å². The molecule has 0 N–H and O–H groups in total. The highest BCUT2D eigenvalue weighted by Gasteiger charge is 2.22. The van der Waals surface area contributed by atoms with E-state index in [0.29, 0.717) is 0 Å². The van der Waals surface area contributed by atoms with Crippen molar-refractivity contribution in [2.45, 2.75) is 26.2 Å². The molecule has 0 radical (unpaired) electrons. The Balaban J connectivity index is 0.911. The van der Waals surface area contributed by atoms with Crippen LogP contribution < -0.4 is 0 Å². The molecule has 0 amide bonds. The van der Waals surface area contributed by atoms with E-state index >= 15 is 0 Å². The van der Waals surface area contributed by atoms with Crippen molar-refractivity contribution in [2.75, 3.05) is 0 Å². The van der Waals surface area contributed by atoms with Gasteiger partial charge in [-0.15, -0.1) is 0 Å². The Morgan fingerprint density at radius 3 is 0.908 bits per heavy atom. The maximum Gasteiger partial charge on any atom is -0.00261 e. The van der Waals surface area contributed by atoms with Gasteiger partial charge in [0.1, 0.15) is 0 Å². The van der Waals surface area contributed by atoms with E-state index in [9.17, 15) is 0 Å². The van der Waals surface area contributed by atoms with E-state index in [1.807, 2.05) is 0 Å². The molecule has 14 aromatic rings. The van der Waals surface area contributed by atoms with Crippen molar-refractivity contribution >= 4 is 64.6 Å². The Kier molecular flexibility index (Phi) is 10.9. The average molecular weight is 967 g/mol. The third-order valence-electron chi connectivity index (χ3n) is 15.9. The van der Waals surface area contributed by atoms with Crippen LogP contribution in [0, 0.1) is 0 Å². The van der Waals surface area contributed by atoms with Gasteiger partial charge in [-0.05, 0) is 184 Å². The zero-order valence-corrected chi connectivity index (χ0v) is 43.0. The van der Waals surface area contributed by atoms with Crippen molar-refractivity contribution in [3.63, 3.8) is 0 Å². The fourth-order valence-electron chi connectivity index (χ4n) is 12.2. The van der Waals surface area contributed by atoms with E-state index in [2.05, 4.69) is 294 Å². The van der Waals surface area contributed by atoms with Crippen LogP contribution in [0.4, 0.5) is 0 Å². The molecule has 0 atom stereocenters. The topological polar surface area (TPSA) is 0 Å². The van der Waals surface area contributed by atoms with Gasteiger partial charge in [-0.1, -0.05) is 263 Å². The maximum absolute atomic E-state index is 2.45. The lowest BCUT2D eigenvalue weighted by Crippen LogP contribution is -2.11. The Morgan fingerprint density at radius 1 is 0.184 bits per heavy atom. The summed E-state index contributed by atoms with van der Waals surface area (Å²) in [5, 5.41) is 15.0. The lowest BCUT2D eigenvalue weighted by molar-refractivity contribution is 0.591. The first-order chi connectivity index (χ1) is 37.3. The molecular weight excluding hydrogens is 913 g/mol. The fraction of sp³-hybridized carbons (Fsp3) is 0.0526. The normalized spacial score (nSPS) is 11.9. The molecule has 0 aliphatic carbocycles. The first-order valence-electron chi connectivity index (χ1n) is 26.6. The van der Waals surface area contributed by atoms with Gasteiger partial charge in [-0.25, -0.2) is 0 Å². The third-order valence-corrected chi connectivity index (χ3v) is 15.9. The zero-order chi connectivity index (χ0) is 50.9. The summed E-state index contributed by atoms with van der Waals surface area (Å²) in [6.07, 6.45) is 0. The summed E-state index contributed by atoms with van der Waals surface area (Å²) in [5.74, 6) is 0. The molecule has 358 valence electrons. The average Bonchev–Trinajstić information content (AvgIpc) is 3.55. The van der Waals surface area contributed by atoms with Crippen molar-refractivity contribution in [1.82, 2.24) is 0 Å². The van der Waals surface area contributed by atoms with Gasteiger partial charge in [0.05, 0.1) is 0 Å². The molecule has 0 nitrogen and oxygen atoms in total. The number of hydrogen-bond acceptors (Lipinski definition) is 0. The second kappa shape index (κ2) is 18.2. The van der Waals surface area contributed by atoms with E-state index < -0.39 is 0 Å². The van der Waals surface area contributed by atoms with E-state index in [4.69, 9.17) is 0 Å². The van der Waals surface area contributed by atoms with Crippen molar-refractivity contribution in [1.29, 1.82) is 0 Å². The Bertz CT molecular complexity index is 4480.